The fourth-order valence-corrected chi connectivity index (χ4v) is 9.45. The van der Waals surface area contributed by atoms with Crippen molar-refractivity contribution in [2.24, 2.45) is 5.73 Å². The van der Waals surface area contributed by atoms with Crippen LogP contribution in [-0.4, -0.2) is 79.5 Å². The Bertz CT molecular complexity index is 3760. The van der Waals surface area contributed by atoms with E-state index in [1.165, 1.54) is 43.8 Å². The molecule has 0 radical (unpaired) electrons. The van der Waals surface area contributed by atoms with E-state index < -0.39 is 23.0 Å². The third-order valence-electron chi connectivity index (χ3n) is 12.4. The summed E-state index contributed by atoms with van der Waals surface area (Å²) in [6, 6.07) is 36.1. The van der Waals surface area contributed by atoms with Crippen LogP contribution in [0.2, 0.25) is 15.1 Å². The van der Waals surface area contributed by atoms with E-state index in [0.717, 1.165) is 38.6 Å². The van der Waals surface area contributed by atoms with Gasteiger partial charge in [-0.25, -0.2) is 8.60 Å². The molecule has 0 saturated carbocycles. The Labute approximate surface area is 517 Å². The van der Waals surface area contributed by atoms with Crippen molar-refractivity contribution in [2.75, 3.05) is 45.7 Å². The number of hydrogen-bond acceptors (Lipinski definition) is 12. The van der Waals surface area contributed by atoms with Crippen molar-refractivity contribution >= 4 is 110 Å². The van der Waals surface area contributed by atoms with Crippen LogP contribution in [0.5, 0.6) is 0 Å². The molecule has 0 aliphatic heterocycles. The molecule has 0 spiro atoms. The molecule has 22 heteroatoms. The summed E-state index contributed by atoms with van der Waals surface area (Å²) < 4.78 is 31.4. The molecule has 440 valence electrons. The van der Waals surface area contributed by atoms with Crippen LogP contribution in [0.4, 0.5) is 27.1 Å². The number of hydrogen-bond donors (Lipinski definition) is 1. The highest BCUT2D eigenvalue weighted by molar-refractivity contribution is 7.82. The summed E-state index contributed by atoms with van der Waals surface area (Å²) >= 11 is 21.0. The van der Waals surface area contributed by atoms with E-state index >= 15 is 0 Å². The van der Waals surface area contributed by atoms with E-state index in [1.54, 1.807) is 76.5 Å². The summed E-state index contributed by atoms with van der Waals surface area (Å²) in [6.07, 6.45) is 6.01. The molecule has 0 aliphatic carbocycles. The first-order chi connectivity index (χ1) is 40.5. The molecule has 4 heterocycles. The van der Waals surface area contributed by atoms with Gasteiger partial charge >= 0.3 is 0 Å². The van der Waals surface area contributed by atoms with E-state index in [0.29, 0.717) is 80.3 Å². The molecule has 85 heavy (non-hydrogen) atoms. The smallest absolute Gasteiger partial charge is 0.275 e. The number of amides is 4. The molecular formula is C63H62Cl3FN10O6S2. The predicted molar refractivity (Wildman–Crippen MR) is 341 cm³/mol. The molecule has 1 unspecified atom stereocenters. The van der Waals surface area contributed by atoms with Crippen LogP contribution in [0.3, 0.4) is 0 Å². The van der Waals surface area contributed by atoms with Gasteiger partial charge in [-0.05, 0) is 147 Å². The lowest BCUT2D eigenvalue weighted by Gasteiger charge is -2.24. The number of anilines is 4. The number of thiocarbonyl (C=S) groups is 1. The van der Waals surface area contributed by atoms with Crippen molar-refractivity contribution in [3.05, 3.63) is 234 Å². The number of halogens is 4. The minimum absolute atomic E-state index is 0.0556. The molecule has 4 aromatic heterocycles. The summed E-state index contributed by atoms with van der Waals surface area (Å²) in [5, 5.41) is 10.4. The van der Waals surface area contributed by atoms with Gasteiger partial charge in [0.2, 0.25) is 0 Å². The van der Waals surface area contributed by atoms with Crippen molar-refractivity contribution in [3.63, 3.8) is 0 Å². The van der Waals surface area contributed by atoms with Gasteiger partial charge in [0.05, 0.1) is 56.6 Å². The zero-order chi connectivity index (χ0) is 62.7. The number of rotatable bonds is 14. The van der Waals surface area contributed by atoms with E-state index in [1.807, 2.05) is 104 Å². The first-order valence-corrected chi connectivity index (χ1v) is 28.8. The van der Waals surface area contributed by atoms with E-state index in [-0.39, 0.29) is 39.0 Å². The Morgan fingerprint density at radius 2 is 0.953 bits per heavy atom. The molecule has 8 rings (SSSR count). The highest BCUT2D eigenvalue weighted by Crippen LogP contribution is 2.31. The summed E-state index contributed by atoms with van der Waals surface area (Å²) in [5.74, 6) is -1.86. The normalized spacial score (nSPS) is 10.7. The SMILES string of the molecule is CCN(C(=O)c1ccc(C)cc1)c1cc(C)ncc1C#N.CCN(C(=O)c1ccc(C)cc1)c1cc(C)ncc1Cl.CCN(C(=O)c1ccc(Cl)cc1)c1cc(C)ncc1C(N)=S.COS(=O)N(C(=O)c1ccccc1F)c1cc(C)ncc1Cl. The largest absolute Gasteiger partial charge is 0.389 e. The molecule has 0 aliphatic rings. The number of benzene rings is 4. The van der Waals surface area contributed by atoms with Crippen LogP contribution in [0, 0.1) is 58.7 Å². The van der Waals surface area contributed by atoms with Crippen molar-refractivity contribution < 1.29 is 32.0 Å². The third-order valence-corrected chi connectivity index (χ3v) is 14.4. The molecule has 0 saturated heterocycles. The van der Waals surface area contributed by atoms with Gasteiger partial charge in [0.1, 0.15) is 16.9 Å². The Morgan fingerprint density at radius 3 is 1.40 bits per heavy atom. The maximum atomic E-state index is 13.8. The fourth-order valence-electron chi connectivity index (χ4n) is 8.03. The summed E-state index contributed by atoms with van der Waals surface area (Å²) in [4.78, 5) is 72.1. The van der Waals surface area contributed by atoms with Gasteiger partial charge in [0.25, 0.3) is 34.9 Å². The van der Waals surface area contributed by atoms with E-state index in [4.69, 9.17) is 56.9 Å². The molecule has 0 bridgehead atoms. The standard InChI is InChI=1S/C17H17N3O.C16H16ClN3OS.C16H17ClN2O.C14H12ClFN2O3S/c1-4-20(16-9-13(3)19-11-15(16)10-18)17(21)14-7-5-12(2)6-8-14;1-3-20(16(21)11-4-6-12(17)7-5-11)14-8-10(2)19-9-13(14)15(18)22;1-4-19(15-9-12(3)18-10-14(15)17)16(20)13-7-5-11(2)6-8-13;1-9-7-13(11(15)8-17-9)18(22(20)21-2)14(19)10-5-3-4-6-12(10)16/h5-9,11H,4H2,1-3H3;4-9H,3H2,1-2H3,(H2,18,22);5-10H,4H2,1-3H3;3-8H,1-2H3. The number of carbonyl (C=O) groups excluding carboxylic acids is 4. The maximum Gasteiger partial charge on any atom is 0.275 e. The average Bonchev–Trinajstić information content (AvgIpc) is 3.17. The Morgan fingerprint density at radius 1 is 0.565 bits per heavy atom. The summed E-state index contributed by atoms with van der Waals surface area (Å²) in [6.45, 7) is 18.5. The summed E-state index contributed by atoms with van der Waals surface area (Å²) in [7, 11) is 1.17. The van der Waals surface area contributed by atoms with Crippen molar-refractivity contribution in [1.29, 1.82) is 5.26 Å². The minimum atomic E-state index is -2.17. The fraction of sp³-hybridized carbons (Fsp3) is 0.206. The van der Waals surface area contributed by atoms with Gasteiger partial charge in [-0.15, -0.1) is 0 Å². The topological polar surface area (TPSA) is 209 Å². The zero-order valence-electron chi connectivity index (χ0n) is 48.4. The number of aryl methyl sites for hydroxylation is 6. The van der Waals surface area contributed by atoms with Crippen LogP contribution < -0.4 is 24.7 Å². The number of carbonyl (C=O) groups is 4. The lowest BCUT2D eigenvalue weighted by molar-refractivity contribution is 0.0980. The predicted octanol–water partition coefficient (Wildman–Crippen LogP) is 13.7. The van der Waals surface area contributed by atoms with Gasteiger partial charge in [-0.2, -0.15) is 9.57 Å². The number of nitrogens with two attached hydrogens (primary N) is 1. The molecule has 1 atom stereocenters. The lowest BCUT2D eigenvalue weighted by Crippen LogP contribution is -2.34. The third kappa shape index (κ3) is 18.1. The van der Waals surface area contributed by atoms with Gasteiger partial charge in [0.15, 0.2) is 0 Å². The second kappa shape index (κ2) is 32.1. The average molecular weight is 1240 g/mol. The summed E-state index contributed by atoms with van der Waals surface area (Å²) in [5.41, 5.74) is 15.6. The van der Waals surface area contributed by atoms with Gasteiger partial charge in [0, 0.05) is 88.9 Å². The van der Waals surface area contributed by atoms with Crippen LogP contribution in [0.1, 0.15) is 107 Å². The van der Waals surface area contributed by atoms with Crippen molar-refractivity contribution in [3.8, 4) is 6.07 Å². The molecule has 8 aromatic rings. The monoisotopic (exact) mass is 1240 g/mol. The number of pyridine rings is 4. The number of nitriles is 1. The van der Waals surface area contributed by atoms with Crippen molar-refractivity contribution in [2.45, 2.75) is 62.3 Å². The Kier molecular flexibility index (Phi) is 25.4. The van der Waals surface area contributed by atoms with Gasteiger partial charge in [-0.1, -0.05) is 94.5 Å². The quantitative estimate of drug-likeness (QED) is 0.101. The molecule has 0 fully saturated rings. The van der Waals surface area contributed by atoms with Crippen LogP contribution >= 0.6 is 47.0 Å². The Hall–Kier alpha value is -8.35. The highest BCUT2D eigenvalue weighted by atomic mass is 35.5. The second-order valence-electron chi connectivity index (χ2n) is 18.6. The first-order valence-electron chi connectivity index (χ1n) is 26.3. The van der Waals surface area contributed by atoms with Gasteiger partial charge < -0.3 is 20.4 Å². The minimum Gasteiger partial charge on any atom is -0.389 e. The van der Waals surface area contributed by atoms with Crippen LogP contribution in [0.15, 0.2) is 146 Å². The molecule has 4 amide bonds. The molecule has 4 aromatic carbocycles. The Balaban J connectivity index is 0.000000207. The number of aromatic nitrogens is 4. The number of nitrogens with zero attached hydrogens (tertiary/aromatic N) is 9. The van der Waals surface area contributed by atoms with E-state index in [2.05, 4.69) is 26.0 Å². The second-order valence-corrected chi connectivity index (χ2v) is 21.4. The maximum absolute atomic E-state index is 13.8. The van der Waals surface area contributed by atoms with Gasteiger partial charge in [-0.3, -0.25) is 43.3 Å². The van der Waals surface area contributed by atoms with Crippen molar-refractivity contribution in [1.82, 2.24) is 19.9 Å². The first kappa shape index (κ1) is 67.4. The van der Waals surface area contributed by atoms with E-state index in [9.17, 15) is 33.0 Å². The van der Waals surface area contributed by atoms with Crippen LogP contribution in [-0.2, 0) is 15.4 Å². The molecular weight excluding hydrogens is 1180 g/mol. The molecule has 2 N–H and O–H groups in total. The lowest BCUT2D eigenvalue weighted by atomic mass is 10.1. The molecule has 16 nitrogen and oxygen atoms in total. The van der Waals surface area contributed by atoms with Crippen LogP contribution in [0.25, 0.3) is 0 Å². The highest BCUT2D eigenvalue weighted by Gasteiger charge is 2.29. The zero-order valence-corrected chi connectivity index (χ0v) is 52.3.